The van der Waals surface area contributed by atoms with E-state index in [2.05, 4.69) is 25.5 Å². The van der Waals surface area contributed by atoms with E-state index >= 15 is 0 Å². The topological polar surface area (TPSA) is 70.2 Å². The molecule has 0 aliphatic heterocycles. The lowest BCUT2D eigenvalue weighted by atomic mass is 10.4. The number of carbonyl (C=O) groups is 1. The fourth-order valence-electron chi connectivity index (χ4n) is 1.43. The summed E-state index contributed by atoms with van der Waals surface area (Å²) in [5.41, 5.74) is 0.375. The SMILES string of the molecule is CN(C)CCNc1cnc(C(=O)NC2CC2)cn1. The minimum Gasteiger partial charge on any atom is -0.368 e. The van der Waals surface area contributed by atoms with Crippen LogP contribution in [0.3, 0.4) is 0 Å². The number of aromatic nitrogens is 2. The number of nitrogens with zero attached hydrogens (tertiary/aromatic N) is 3. The number of hydrogen-bond acceptors (Lipinski definition) is 5. The van der Waals surface area contributed by atoms with Gasteiger partial charge < -0.3 is 15.5 Å². The Morgan fingerprint density at radius 1 is 1.39 bits per heavy atom. The van der Waals surface area contributed by atoms with E-state index < -0.39 is 0 Å². The molecule has 0 spiro atoms. The number of amides is 1. The van der Waals surface area contributed by atoms with Crippen LogP contribution < -0.4 is 10.6 Å². The Morgan fingerprint density at radius 3 is 2.72 bits per heavy atom. The molecule has 1 fully saturated rings. The minimum absolute atomic E-state index is 0.134. The first kappa shape index (κ1) is 12.8. The first-order valence-corrected chi connectivity index (χ1v) is 6.16. The summed E-state index contributed by atoms with van der Waals surface area (Å²) >= 11 is 0. The Morgan fingerprint density at radius 2 is 2.17 bits per heavy atom. The predicted octanol–water partition coefficient (Wildman–Crippen LogP) is 0.342. The third kappa shape index (κ3) is 3.96. The lowest BCUT2D eigenvalue weighted by Gasteiger charge is -2.10. The lowest BCUT2D eigenvalue weighted by molar-refractivity contribution is 0.0945. The van der Waals surface area contributed by atoms with Gasteiger partial charge in [0, 0.05) is 19.1 Å². The van der Waals surface area contributed by atoms with Crippen LogP contribution in [0.15, 0.2) is 12.4 Å². The zero-order valence-corrected chi connectivity index (χ0v) is 10.8. The zero-order valence-electron chi connectivity index (χ0n) is 10.8. The van der Waals surface area contributed by atoms with Gasteiger partial charge in [-0.25, -0.2) is 9.97 Å². The quantitative estimate of drug-likeness (QED) is 0.761. The second-order valence-electron chi connectivity index (χ2n) is 4.76. The Bertz CT molecular complexity index is 399. The molecule has 0 aromatic carbocycles. The van der Waals surface area contributed by atoms with Gasteiger partial charge in [-0.1, -0.05) is 0 Å². The van der Waals surface area contributed by atoms with Crippen LogP contribution in [0.4, 0.5) is 5.82 Å². The lowest BCUT2D eigenvalue weighted by Crippen LogP contribution is -2.26. The van der Waals surface area contributed by atoms with E-state index in [9.17, 15) is 4.79 Å². The number of nitrogens with one attached hydrogen (secondary N) is 2. The van der Waals surface area contributed by atoms with E-state index in [0.29, 0.717) is 17.6 Å². The summed E-state index contributed by atoms with van der Waals surface area (Å²) in [5.74, 6) is 0.560. The van der Waals surface area contributed by atoms with Crippen molar-refractivity contribution in [2.75, 3.05) is 32.5 Å². The summed E-state index contributed by atoms with van der Waals surface area (Å²) in [7, 11) is 4.03. The minimum atomic E-state index is -0.134. The van der Waals surface area contributed by atoms with Gasteiger partial charge in [0.25, 0.3) is 5.91 Å². The average molecular weight is 249 g/mol. The first-order valence-electron chi connectivity index (χ1n) is 6.16. The molecule has 6 nitrogen and oxygen atoms in total. The fraction of sp³-hybridized carbons (Fsp3) is 0.583. The highest BCUT2D eigenvalue weighted by atomic mass is 16.2. The number of anilines is 1. The third-order valence-electron chi connectivity index (χ3n) is 2.66. The van der Waals surface area contributed by atoms with Crippen LogP contribution in [0.25, 0.3) is 0 Å². The summed E-state index contributed by atoms with van der Waals surface area (Å²) < 4.78 is 0. The monoisotopic (exact) mass is 249 g/mol. The average Bonchev–Trinajstić information content (AvgIpc) is 3.13. The fourth-order valence-corrected chi connectivity index (χ4v) is 1.43. The first-order chi connectivity index (χ1) is 8.65. The summed E-state index contributed by atoms with van der Waals surface area (Å²) in [4.78, 5) is 22.0. The van der Waals surface area contributed by atoms with Crippen molar-refractivity contribution in [3.05, 3.63) is 18.1 Å². The molecule has 0 radical (unpaired) electrons. The molecule has 6 heteroatoms. The van der Waals surface area contributed by atoms with Crippen molar-refractivity contribution in [2.45, 2.75) is 18.9 Å². The van der Waals surface area contributed by atoms with Gasteiger partial charge in [-0.2, -0.15) is 0 Å². The third-order valence-corrected chi connectivity index (χ3v) is 2.66. The summed E-state index contributed by atoms with van der Waals surface area (Å²) in [6.45, 7) is 1.72. The Balaban J connectivity index is 1.82. The molecular formula is C12H19N5O. The molecule has 18 heavy (non-hydrogen) atoms. The van der Waals surface area contributed by atoms with E-state index in [1.165, 1.54) is 6.20 Å². The molecule has 1 amide bonds. The molecule has 98 valence electrons. The number of hydrogen-bond donors (Lipinski definition) is 2. The molecule has 1 heterocycles. The molecule has 1 saturated carbocycles. The zero-order chi connectivity index (χ0) is 13.0. The molecular weight excluding hydrogens is 230 g/mol. The Hall–Kier alpha value is -1.69. The number of likely N-dealkylation sites (N-methyl/N-ethyl adjacent to an activating group) is 1. The number of carbonyl (C=O) groups excluding carboxylic acids is 1. The molecule has 1 aliphatic rings. The molecule has 0 bridgehead atoms. The molecule has 0 saturated heterocycles. The second kappa shape index (κ2) is 5.77. The van der Waals surface area contributed by atoms with E-state index in [4.69, 9.17) is 0 Å². The largest absolute Gasteiger partial charge is 0.368 e. The van der Waals surface area contributed by atoms with E-state index in [0.717, 1.165) is 25.9 Å². The van der Waals surface area contributed by atoms with E-state index in [-0.39, 0.29) is 5.91 Å². The van der Waals surface area contributed by atoms with Crippen LogP contribution in [0, 0.1) is 0 Å². The van der Waals surface area contributed by atoms with Crippen LogP contribution in [0.2, 0.25) is 0 Å². The molecule has 2 N–H and O–H groups in total. The summed E-state index contributed by atoms with van der Waals surface area (Å²) in [6.07, 6.45) is 5.25. The Labute approximate surface area is 107 Å². The maximum Gasteiger partial charge on any atom is 0.271 e. The highest BCUT2D eigenvalue weighted by molar-refractivity contribution is 5.92. The van der Waals surface area contributed by atoms with Crippen molar-refractivity contribution in [3.8, 4) is 0 Å². The standard InChI is InChI=1S/C12H19N5O/c1-17(2)6-5-13-11-8-14-10(7-15-11)12(18)16-9-3-4-9/h7-9H,3-6H2,1-2H3,(H,13,15)(H,16,18). The highest BCUT2D eigenvalue weighted by Crippen LogP contribution is 2.18. The van der Waals surface area contributed by atoms with E-state index in [1.807, 2.05) is 14.1 Å². The van der Waals surface area contributed by atoms with Crippen molar-refractivity contribution < 1.29 is 4.79 Å². The van der Waals surface area contributed by atoms with Crippen LogP contribution >= 0.6 is 0 Å². The maximum absolute atomic E-state index is 11.7. The van der Waals surface area contributed by atoms with Crippen molar-refractivity contribution >= 4 is 11.7 Å². The van der Waals surface area contributed by atoms with Crippen LogP contribution in [-0.2, 0) is 0 Å². The van der Waals surface area contributed by atoms with Gasteiger partial charge in [0.2, 0.25) is 0 Å². The van der Waals surface area contributed by atoms with Crippen molar-refractivity contribution in [1.82, 2.24) is 20.2 Å². The summed E-state index contributed by atoms with van der Waals surface area (Å²) in [6, 6.07) is 0.345. The summed E-state index contributed by atoms with van der Waals surface area (Å²) in [5, 5.41) is 6.03. The molecule has 1 aromatic rings. The van der Waals surface area contributed by atoms with Crippen molar-refractivity contribution in [2.24, 2.45) is 0 Å². The molecule has 1 aliphatic carbocycles. The smallest absolute Gasteiger partial charge is 0.271 e. The van der Waals surface area contributed by atoms with Gasteiger partial charge in [-0.15, -0.1) is 0 Å². The van der Waals surface area contributed by atoms with Crippen LogP contribution in [0.1, 0.15) is 23.3 Å². The Kier molecular flexibility index (Phi) is 4.09. The molecule has 0 atom stereocenters. The van der Waals surface area contributed by atoms with Gasteiger partial charge in [0.1, 0.15) is 11.5 Å². The van der Waals surface area contributed by atoms with Gasteiger partial charge in [-0.3, -0.25) is 4.79 Å². The predicted molar refractivity (Wildman–Crippen MR) is 69.6 cm³/mol. The molecule has 1 aromatic heterocycles. The molecule has 2 rings (SSSR count). The van der Waals surface area contributed by atoms with E-state index in [1.54, 1.807) is 6.20 Å². The van der Waals surface area contributed by atoms with Crippen LogP contribution in [-0.4, -0.2) is 54.0 Å². The van der Waals surface area contributed by atoms with Gasteiger partial charge in [-0.05, 0) is 26.9 Å². The van der Waals surface area contributed by atoms with Crippen LogP contribution in [0.5, 0.6) is 0 Å². The van der Waals surface area contributed by atoms with Crippen molar-refractivity contribution in [1.29, 1.82) is 0 Å². The van der Waals surface area contributed by atoms with Gasteiger partial charge >= 0.3 is 0 Å². The van der Waals surface area contributed by atoms with Crippen molar-refractivity contribution in [3.63, 3.8) is 0 Å². The van der Waals surface area contributed by atoms with Gasteiger partial charge in [0.15, 0.2) is 0 Å². The maximum atomic E-state index is 11.7. The number of rotatable bonds is 6. The normalized spacial score (nSPS) is 14.6. The van der Waals surface area contributed by atoms with Gasteiger partial charge in [0.05, 0.1) is 12.4 Å². The molecule has 0 unspecified atom stereocenters. The second-order valence-corrected chi connectivity index (χ2v) is 4.76. The highest BCUT2D eigenvalue weighted by Gasteiger charge is 2.24.